The Balaban J connectivity index is 3.70. The van der Waals surface area contributed by atoms with Crippen LogP contribution in [-0.4, -0.2) is 50.5 Å². The molecule has 5 nitrogen and oxygen atoms in total. The number of hydrogen-bond donors (Lipinski definition) is 5. The van der Waals surface area contributed by atoms with E-state index in [1.807, 2.05) is 0 Å². The Bertz CT molecular complexity index is 244. The highest BCUT2D eigenvalue weighted by Crippen LogP contribution is 2.14. The van der Waals surface area contributed by atoms with Crippen molar-refractivity contribution in [3.05, 3.63) is 0 Å². The first-order valence-electron chi connectivity index (χ1n) is 10.0. The lowest BCUT2D eigenvalue weighted by atomic mass is 9.93. The predicted molar refractivity (Wildman–Crippen MR) is 104 cm³/mol. The second kappa shape index (κ2) is 15.1. The molecule has 5 atom stereocenters. The van der Waals surface area contributed by atoms with Crippen LogP contribution in [0.25, 0.3) is 0 Å². The number of hydrogen-bond acceptors (Lipinski definition) is 4. The summed E-state index contributed by atoms with van der Waals surface area (Å²) in [6.07, 6.45) is 4.42. The van der Waals surface area contributed by atoms with Crippen LogP contribution < -0.4 is 22.1 Å². The molecule has 0 aromatic carbocycles. The maximum Gasteiger partial charge on any atom is 0.0788 e. The van der Waals surface area contributed by atoms with E-state index >= 15 is 0 Å². The summed E-state index contributed by atoms with van der Waals surface area (Å²) in [4.78, 5) is 0. The Morgan fingerprint density at radius 1 is 0.875 bits per heavy atom. The predicted octanol–water partition coefficient (Wildman–Crippen LogP) is 0.832. The van der Waals surface area contributed by atoms with Gasteiger partial charge in [0, 0.05) is 19.0 Å². The van der Waals surface area contributed by atoms with Crippen molar-refractivity contribution in [2.45, 2.75) is 59.5 Å². The zero-order chi connectivity index (χ0) is 18.4. The van der Waals surface area contributed by atoms with Crippen molar-refractivity contribution in [3.8, 4) is 0 Å². The van der Waals surface area contributed by atoms with E-state index in [1.54, 1.807) is 0 Å². The summed E-state index contributed by atoms with van der Waals surface area (Å²) in [5.74, 6) is 2.60. The number of quaternary nitrogens is 1. The van der Waals surface area contributed by atoms with Gasteiger partial charge >= 0.3 is 0 Å². The minimum Gasteiger partial charge on any atom is -0.390 e. The van der Waals surface area contributed by atoms with Crippen LogP contribution in [0.2, 0.25) is 0 Å². The third-order valence-corrected chi connectivity index (χ3v) is 5.11. The van der Waals surface area contributed by atoms with E-state index in [4.69, 9.17) is 5.73 Å². The highest BCUT2D eigenvalue weighted by molar-refractivity contribution is 4.69. The molecule has 0 bridgehead atoms. The Morgan fingerprint density at radius 3 is 1.71 bits per heavy atom. The Labute approximate surface area is 150 Å². The molecule has 0 amide bonds. The molecule has 0 aliphatic rings. The van der Waals surface area contributed by atoms with Gasteiger partial charge in [0.2, 0.25) is 0 Å². The van der Waals surface area contributed by atoms with Crippen LogP contribution in [-0.2, 0) is 0 Å². The second-order valence-electron chi connectivity index (χ2n) is 7.72. The molecule has 0 aliphatic carbocycles. The van der Waals surface area contributed by atoms with E-state index in [9.17, 15) is 5.11 Å². The summed E-state index contributed by atoms with van der Waals surface area (Å²) in [6.45, 7) is 14.0. The fourth-order valence-corrected chi connectivity index (χ4v) is 3.29. The zero-order valence-corrected chi connectivity index (χ0v) is 16.7. The van der Waals surface area contributed by atoms with Crippen molar-refractivity contribution in [2.75, 3.05) is 39.3 Å². The van der Waals surface area contributed by atoms with E-state index in [1.165, 1.54) is 12.8 Å². The summed E-state index contributed by atoms with van der Waals surface area (Å²) in [7, 11) is 0. The maximum absolute atomic E-state index is 10.1. The Kier molecular flexibility index (Phi) is 15.0. The topological polar surface area (TPSA) is 98.0 Å². The molecular weight excluding hydrogens is 300 g/mol. The van der Waals surface area contributed by atoms with Crippen molar-refractivity contribution in [2.24, 2.45) is 29.4 Å². The van der Waals surface area contributed by atoms with E-state index in [-0.39, 0.29) is 6.10 Å². The van der Waals surface area contributed by atoms with Gasteiger partial charge in [0.1, 0.15) is 0 Å². The van der Waals surface area contributed by atoms with Gasteiger partial charge in [-0.3, -0.25) is 0 Å². The largest absolute Gasteiger partial charge is 0.390 e. The van der Waals surface area contributed by atoms with Gasteiger partial charge in [0.05, 0.1) is 12.6 Å². The van der Waals surface area contributed by atoms with Gasteiger partial charge in [-0.25, -0.2) is 0 Å². The van der Waals surface area contributed by atoms with E-state index < -0.39 is 0 Å². The SMILES string of the molecule is CCC(CN)CC(C)CNCC(O)CNCC(C)CC(CC)C[NH3+]. The van der Waals surface area contributed by atoms with Gasteiger partial charge in [0.15, 0.2) is 0 Å². The average Bonchev–Trinajstić information content (AvgIpc) is 2.57. The molecule has 0 saturated carbocycles. The molecule has 5 unspecified atom stereocenters. The second-order valence-corrected chi connectivity index (χ2v) is 7.72. The Hall–Kier alpha value is -0.200. The quantitative estimate of drug-likeness (QED) is 0.286. The van der Waals surface area contributed by atoms with Crippen LogP contribution in [0, 0.1) is 23.7 Å². The van der Waals surface area contributed by atoms with Crippen LogP contribution >= 0.6 is 0 Å². The van der Waals surface area contributed by atoms with Crippen molar-refractivity contribution >= 4 is 0 Å². The van der Waals surface area contributed by atoms with Crippen molar-refractivity contribution < 1.29 is 10.8 Å². The van der Waals surface area contributed by atoms with Gasteiger partial charge in [-0.05, 0) is 56.7 Å². The average molecular weight is 346 g/mol. The fraction of sp³-hybridized carbons (Fsp3) is 1.00. The van der Waals surface area contributed by atoms with Gasteiger partial charge in [-0.2, -0.15) is 0 Å². The van der Waals surface area contributed by atoms with Gasteiger partial charge in [-0.15, -0.1) is 0 Å². The first kappa shape index (κ1) is 23.8. The lowest BCUT2D eigenvalue weighted by Gasteiger charge is -2.21. The molecule has 0 spiro atoms. The summed E-state index contributed by atoms with van der Waals surface area (Å²) in [6, 6.07) is 0. The molecule has 0 fully saturated rings. The van der Waals surface area contributed by atoms with Crippen LogP contribution in [0.1, 0.15) is 53.4 Å². The van der Waals surface area contributed by atoms with E-state index in [0.717, 1.165) is 44.9 Å². The number of aliphatic hydroxyl groups is 1. The lowest BCUT2D eigenvalue weighted by molar-refractivity contribution is -0.380. The summed E-state index contributed by atoms with van der Waals surface area (Å²) < 4.78 is 0. The molecule has 8 N–H and O–H groups in total. The number of aliphatic hydroxyl groups excluding tert-OH is 1. The highest BCUT2D eigenvalue weighted by Gasteiger charge is 2.13. The number of nitrogens with one attached hydrogen (secondary N) is 2. The minimum atomic E-state index is -0.323. The zero-order valence-electron chi connectivity index (χ0n) is 16.7. The van der Waals surface area contributed by atoms with Gasteiger partial charge < -0.3 is 27.2 Å². The van der Waals surface area contributed by atoms with Gasteiger partial charge in [0.25, 0.3) is 0 Å². The molecule has 0 rings (SSSR count). The molecule has 0 aromatic rings. The van der Waals surface area contributed by atoms with Crippen molar-refractivity contribution in [3.63, 3.8) is 0 Å². The molecule has 5 heteroatoms. The first-order chi connectivity index (χ1) is 11.5. The molecule has 0 aliphatic heterocycles. The maximum atomic E-state index is 10.1. The summed E-state index contributed by atoms with van der Waals surface area (Å²) in [5.41, 5.74) is 9.78. The van der Waals surface area contributed by atoms with E-state index in [2.05, 4.69) is 44.1 Å². The van der Waals surface area contributed by atoms with Crippen LogP contribution in [0.3, 0.4) is 0 Å². The fourth-order valence-electron chi connectivity index (χ4n) is 3.29. The number of nitrogens with two attached hydrogens (primary N) is 1. The normalized spacial score (nSPS) is 18.1. The first-order valence-corrected chi connectivity index (χ1v) is 10.0. The molecule has 146 valence electrons. The summed E-state index contributed by atoms with van der Waals surface area (Å²) in [5, 5.41) is 16.9. The van der Waals surface area contributed by atoms with Crippen LogP contribution in [0.5, 0.6) is 0 Å². The highest BCUT2D eigenvalue weighted by atomic mass is 16.3. The van der Waals surface area contributed by atoms with Crippen molar-refractivity contribution in [1.29, 1.82) is 0 Å². The minimum absolute atomic E-state index is 0.323. The van der Waals surface area contributed by atoms with Gasteiger partial charge in [-0.1, -0.05) is 34.1 Å². The standard InChI is InChI=1S/C19H44N4O/c1-5-17(9-20)7-15(3)11-22-13-19(24)14-23-12-16(4)8-18(6-2)10-21/h15-19,22-24H,5-14,20-21H2,1-4H3/p+1. The monoisotopic (exact) mass is 345 g/mol. The molecule has 0 heterocycles. The Morgan fingerprint density at radius 2 is 1.33 bits per heavy atom. The smallest absolute Gasteiger partial charge is 0.0788 e. The van der Waals surface area contributed by atoms with Crippen LogP contribution in [0.4, 0.5) is 0 Å². The van der Waals surface area contributed by atoms with Crippen LogP contribution in [0.15, 0.2) is 0 Å². The third kappa shape index (κ3) is 12.2. The number of rotatable bonds is 16. The van der Waals surface area contributed by atoms with E-state index in [0.29, 0.717) is 30.8 Å². The molecular formula is C19H45N4O+. The third-order valence-electron chi connectivity index (χ3n) is 5.11. The molecule has 0 radical (unpaired) electrons. The molecule has 24 heavy (non-hydrogen) atoms. The lowest BCUT2D eigenvalue weighted by Crippen LogP contribution is -2.53. The molecule has 0 saturated heterocycles. The van der Waals surface area contributed by atoms with Crippen molar-refractivity contribution in [1.82, 2.24) is 10.6 Å². The summed E-state index contributed by atoms with van der Waals surface area (Å²) >= 11 is 0. The molecule has 0 aromatic heterocycles.